The fourth-order valence-corrected chi connectivity index (χ4v) is 2.92. The van der Waals surface area contributed by atoms with Gasteiger partial charge in [0.2, 0.25) is 0 Å². The molecule has 1 aromatic rings. The summed E-state index contributed by atoms with van der Waals surface area (Å²) in [5.74, 6) is 0.389. The van der Waals surface area contributed by atoms with E-state index in [2.05, 4.69) is 35.1 Å². The van der Waals surface area contributed by atoms with Gasteiger partial charge in [-0.15, -0.1) is 0 Å². The first kappa shape index (κ1) is 14.0. The van der Waals surface area contributed by atoms with Gasteiger partial charge in [-0.3, -0.25) is 0 Å². The average molecular weight is 316 g/mol. The van der Waals surface area contributed by atoms with Crippen LogP contribution in [0.4, 0.5) is 4.39 Å². The van der Waals surface area contributed by atoms with Crippen molar-refractivity contribution in [1.82, 2.24) is 5.32 Å². The van der Waals surface area contributed by atoms with E-state index in [-0.39, 0.29) is 18.0 Å². The number of ether oxygens (including phenoxy) is 1. The SMILES string of the molecule is CC(C)CC1CNCC(c2ccc(F)cc2Br)O1. The number of rotatable bonds is 3. The molecule has 1 fully saturated rings. The fraction of sp³-hybridized carbons (Fsp3) is 0.571. The standard InChI is InChI=1S/C14H19BrFNO/c1-9(2)5-11-7-17-8-14(18-11)12-4-3-10(16)6-13(12)15/h3-4,6,9,11,14,17H,5,7-8H2,1-2H3. The zero-order valence-corrected chi connectivity index (χ0v) is 12.3. The first-order valence-corrected chi connectivity index (χ1v) is 7.16. The molecule has 2 rings (SSSR count). The van der Waals surface area contributed by atoms with E-state index in [9.17, 15) is 4.39 Å². The molecule has 0 saturated carbocycles. The van der Waals surface area contributed by atoms with Crippen LogP contribution in [-0.2, 0) is 4.74 Å². The van der Waals surface area contributed by atoms with E-state index >= 15 is 0 Å². The number of nitrogens with one attached hydrogen (secondary N) is 1. The molecule has 2 nitrogen and oxygen atoms in total. The fourth-order valence-electron chi connectivity index (χ4n) is 2.31. The molecule has 1 heterocycles. The molecule has 0 spiro atoms. The summed E-state index contributed by atoms with van der Waals surface area (Å²) in [7, 11) is 0. The van der Waals surface area contributed by atoms with Crippen molar-refractivity contribution in [1.29, 1.82) is 0 Å². The highest BCUT2D eigenvalue weighted by Crippen LogP contribution is 2.30. The van der Waals surface area contributed by atoms with Crippen molar-refractivity contribution < 1.29 is 9.13 Å². The van der Waals surface area contributed by atoms with Crippen molar-refractivity contribution in [2.24, 2.45) is 5.92 Å². The van der Waals surface area contributed by atoms with Gasteiger partial charge in [0.05, 0.1) is 12.2 Å². The van der Waals surface area contributed by atoms with Gasteiger partial charge in [-0.25, -0.2) is 4.39 Å². The summed E-state index contributed by atoms with van der Waals surface area (Å²) in [6.45, 7) is 6.06. The van der Waals surface area contributed by atoms with E-state index < -0.39 is 0 Å². The van der Waals surface area contributed by atoms with Crippen molar-refractivity contribution in [3.05, 3.63) is 34.1 Å². The van der Waals surface area contributed by atoms with Crippen LogP contribution in [0.15, 0.2) is 22.7 Å². The molecule has 2 unspecified atom stereocenters. The summed E-state index contributed by atoms with van der Waals surface area (Å²) in [6.07, 6.45) is 1.28. The Bertz CT molecular complexity index is 411. The summed E-state index contributed by atoms with van der Waals surface area (Å²) in [4.78, 5) is 0. The van der Waals surface area contributed by atoms with Gasteiger partial charge in [-0.05, 0) is 30.0 Å². The largest absolute Gasteiger partial charge is 0.368 e. The van der Waals surface area contributed by atoms with Gasteiger partial charge in [0.25, 0.3) is 0 Å². The Kier molecular flexibility index (Phi) is 4.76. The Morgan fingerprint density at radius 3 is 2.89 bits per heavy atom. The normalized spacial score (nSPS) is 24.5. The van der Waals surface area contributed by atoms with E-state index in [1.165, 1.54) is 12.1 Å². The van der Waals surface area contributed by atoms with E-state index in [1.807, 2.05) is 0 Å². The van der Waals surface area contributed by atoms with Gasteiger partial charge in [-0.1, -0.05) is 35.8 Å². The Morgan fingerprint density at radius 1 is 1.44 bits per heavy atom. The molecule has 1 aliphatic rings. The third kappa shape index (κ3) is 3.53. The molecular weight excluding hydrogens is 297 g/mol. The van der Waals surface area contributed by atoms with Crippen molar-refractivity contribution in [3.63, 3.8) is 0 Å². The molecule has 1 N–H and O–H groups in total. The van der Waals surface area contributed by atoms with E-state index in [0.717, 1.165) is 29.5 Å². The highest BCUT2D eigenvalue weighted by atomic mass is 79.9. The molecular formula is C14H19BrFNO. The number of morpholine rings is 1. The third-order valence-electron chi connectivity index (χ3n) is 3.10. The van der Waals surface area contributed by atoms with Crippen molar-refractivity contribution in [2.75, 3.05) is 13.1 Å². The van der Waals surface area contributed by atoms with E-state index in [0.29, 0.717) is 5.92 Å². The Hall–Kier alpha value is -0.450. The van der Waals surface area contributed by atoms with Gasteiger partial charge in [-0.2, -0.15) is 0 Å². The lowest BCUT2D eigenvalue weighted by Gasteiger charge is -2.32. The average Bonchev–Trinajstić information content (AvgIpc) is 2.28. The lowest BCUT2D eigenvalue weighted by molar-refractivity contribution is -0.0477. The van der Waals surface area contributed by atoms with Gasteiger partial charge in [0.15, 0.2) is 0 Å². The summed E-state index contributed by atoms with van der Waals surface area (Å²) in [5, 5.41) is 3.39. The zero-order valence-electron chi connectivity index (χ0n) is 10.7. The molecule has 2 atom stereocenters. The van der Waals surface area contributed by atoms with Gasteiger partial charge in [0.1, 0.15) is 5.82 Å². The molecule has 0 aliphatic carbocycles. The molecule has 4 heteroatoms. The molecule has 1 aromatic carbocycles. The van der Waals surface area contributed by atoms with Crippen LogP contribution in [0.3, 0.4) is 0 Å². The first-order chi connectivity index (χ1) is 8.56. The zero-order chi connectivity index (χ0) is 13.1. The summed E-state index contributed by atoms with van der Waals surface area (Å²) in [5.41, 5.74) is 1.01. The Labute approximate surface area is 116 Å². The van der Waals surface area contributed by atoms with Crippen LogP contribution in [0.5, 0.6) is 0 Å². The minimum Gasteiger partial charge on any atom is -0.368 e. The van der Waals surface area contributed by atoms with Crippen LogP contribution >= 0.6 is 15.9 Å². The monoisotopic (exact) mass is 315 g/mol. The van der Waals surface area contributed by atoms with Crippen LogP contribution in [0.2, 0.25) is 0 Å². The Balaban J connectivity index is 2.08. The maximum atomic E-state index is 13.1. The van der Waals surface area contributed by atoms with Crippen LogP contribution in [-0.4, -0.2) is 19.2 Å². The van der Waals surface area contributed by atoms with E-state index in [4.69, 9.17) is 4.74 Å². The Morgan fingerprint density at radius 2 is 2.22 bits per heavy atom. The maximum Gasteiger partial charge on any atom is 0.124 e. The van der Waals surface area contributed by atoms with Crippen LogP contribution in [0.1, 0.15) is 31.9 Å². The number of hydrogen-bond donors (Lipinski definition) is 1. The molecule has 0 bridgehead atoms. The second-order valence-corrected chi connectivity index (χ2v) is 6.05. The third-order valence-corrected chi connectivity index (χ3v) is 3.79. The first-order valence-electron chi connectivity index (χ1n) is 6.37. The minimum atomic E-state index is -0.229. The maximum absolute atomic E-state index is 13.1. The van der Waals surface area contributed by atoms with Crippen molar-refractivity contribution in [3.8, 4) is 0 Å². The van der Waals surface area contributed by atoms with Gasteiger partial charge in [0, 0.05) is 17.6 Å². The molecule has 0 amide bonds. The molecule has 0 aromatic heterocycles. The quantitative estimate of drug-likeness (QED) is 0.919. The smallest absolute Gasteiger partial charge is 0.124 e. The lowest BCUT2D eigenvalue weighted by Crippen LogP contribution is -2.41. The van der Waals surface area contributed by atoms with E-state index in [1.54, 1.807) is 6.07 Å². The summed E-state index contributed by atoms with van der Waals surface area (Å²) < 4.78 is 19.9. The molecule has 0 radical (unpaired) electrons. The molecule has 100 valence electrons. The molecule has 1 aliphatic heterocycles. The number of halogens is 2. The second kappa shape index (κ2) is 6.13. The highest BCUT2D eigenvalue weighted by molar-refractivity contribution is 9.10. The van der Waals surface area contributed by atoms with Crippen LogP contribution < -0.4 is 5.32 Å². The van der Waals surface area contributed by atoms with Gasteiger partial charge < -0.3 is 10.1 Å². The lowest BCUT2D eigenvalue weighted by atomic mass is 10.0. The topological polar surface area (TPSA) is 21.3 Å². The number of hydrogen-bond acceptors (Lipinski definition) is 2. The minimum absolute atomic E-state index is 0.00234. The van der Waals surface area contributed by atoms with Crippen LogP contribution in [0, 0.1) is 11.7 Å². The van der Waals surface area contributed by atoms with Crippen LogP contribution in [0.25, 0.3) is 0 Å². The number of benzene rings is 1. The molecule has 18 heavy (non-hydrogen) atoms. The molecule has 1 saturated heterocycles. The van der Waals surface area contributed by atoms with Crippen molar-refractivity contribution >= 4 is 15.9 Å². The predicted octanol–water partition coefficient (Wildman–Crippen LogP) is 3.66. The highest BCUT2D eigenvalue weighted by Gasteiger charge is 2.25. The summed E-state index contributed by atoms with van der Waals surface area (Å²) in [6, 6.07) is 4.77. The summed E-state index contributed by atoms with van der Waals surface area (Å²) >= 11 is 3.41. The second-order valence-electron chi connectivity index (χ2n) is 5.20. The predicted molar refractivity (Wildman–Crippen MR) is 74.0 cm³/mol. The van der Waals surface area contributed by atoms with Gasteiger partial charge >= 0.3 is 0 Å². The van der Waals surface area contributed by atoms with Crippen molar-refractivity contribution in [2.45, 2.75) is 32.5 Å².